The summed E-state index contributed by atoms with van der Waals surface area (Å²) in [7, 11) is 0. The van der Waals surface area contributed by atoms with Crippen molar-refractivity contribution in [1.29, 1.82) is 0 Å². The van der Waals surface area contributed by atoms with E-state index in [1.807, 2.05) is 0 Å². The summed E-state index contributed by atoms with van der Waals surface area (Å²) in [5, 5.41) is 3.39. The second-order valence-electron chi connectivity index (χ2n) is 0.690. The number of hydrogen-bond acceptors (Lipinski definition) is 4. The molecule has 0 aliphatic rings. The molecular weight excluding hydrogens is 116 g/mol. The van der Waals surface area contributed by atoms with Gasteiger partial charge in [-0.1, -0.05) is 4.49 Å². The molecular formula is C2HN2S2. The molecule has 1 aromatic heterocycles. The Hall–Kier alpha value is -0.0900. The van der Waals surface area contributed by atoms with Gasteiger partial charge in [0.2, 0.25) is 0 Å². The van der Waals surface area contributed by atoms with Gasteiger partial charge in [-0.25, -0.2) is 0 Å². The number of rotatable bonds is 0. The average Bonchev–Trinajstić information content (AvgIpc) is 1.86. The molecule has 1 aromatic rings. The van der Waals surface area contributed by atoms with Gasteiger partial charge in [0, 0.05) is 0 Å². The zero-order chi connectivity index (χ0) is 4.41. The number of hydrogen-bond donors (Lipinski definition) is 1. The molecule has 0 unspecified atom stereocenters. The summed E-state index contributed by atoms with van der Waals surface area (Å²) in [6, 6.07) is 0. The zero-order valence-corrected chi connectivity index (χ0v) is 4.46. The normalized spacial score (nSPS) is 8.83. The molecule has 0 saturated heterocycles. The minimum Gasteiger partial charge on any atom is -0.135 e. The Labute approximate surface area is 44.8 Å². The van der Waals surface area contributed by atoms with Gasteiger partial charge in [0.05, 0.1) is 0 Å². The first-order valence-electron chi connectivity index (χ1n) is 1.28. The molecule has 0 amide bonds. The maximum Gasteiger partial charge on any atom is 0.141 e. The highest BCUT2D eigenvalue weighted by molar-refractivity contribution is 7.82. The summed E-state index contributed by atoms with van der Waals surface area (Å²) in [6.45, 7) is 0. The van der Waals surface area contributed by atoms with E-state index < -0.39 is 0 Å². The summed E-state index contributed by atoms with van der Waals surface area (Å²) < 4.78 is 4.21. The van der Waals surface area contributed by atoms with Gasteiger partial charge < -0.3 is 0 Å². The first kappa shape index (κ1) is 4.08. The molecule has 4 heteroatoms. The Bertz CT molecular complexity index is 113. The lowest BCUT2D eigenvalue weighted by atomic mass is 11.0. The summed E-state index contributed by atoms with van der Waals surface area (Å²) in [6.07, 6.45) is 2.52. The van der Waals surface area contributed by atoms with Crippen molar-refractivity contribution in [3.8, 4) is 0 Å². The van der Waals surface area contributed by atoms with Gasteiger partial charge in [-0.15, -0.1) is 17.7 Å². The topological polar surface area (TPSA) is 25.8 Å². The first-order valence-corrected chi connectivity index (χ1v) is 2.50. The van der Waals surface area contributed by atoms with Gasteiger partial charge >= 0.3 is 0 Å². The van der Waals surface area contributed by atoms with Gasteiger partial charge in [0.25, 0.3) is 0 Å². The van der Waals surface area contributed by atoms with Gasteiger partial charge in [0.1, 0.15) is 10.4 Å². The van der Waals surface area contributed by atoms with Gasteiger partial charge in [-0.2, -0.15) is 0 Å². The van der Waals surface area contributed by atoms with Crippen LogP contribution in [-0.4, -0.2) is 9.59 Å². The van der Waals surface area contributed by atoms with Crippen LogP contribution in [0.4, 0.5) is 0 Å². The Morgan fingerprint density at radius 2 is 2.67 bits per heavy atom. The van der Waals surface area contributed by atoms with Crippen molar-refractivity contribution in [3.63, 3.8) is 0 Å². The quantitative estimate of drug-likeness (QED) is 0.504. The summed E-state index contributed by atoms with van der Waals surface area (Å²) >= 11 is 5.10. The molecule has 1 rings (SSSR count). The van der Waals surface area contributed by atoms with E-state index in [2.05, 4.69) is 28.4 Å². The van der Waals surface area contributed by atoms with Gasteiger partial charge in [0.15, 0.2) is 0 Å². The van der Waals surface area contributed by atoms with E-state index in [0.717, 1.165) is 4.21 Å². The second-order valence-corrected chi connectivity index (χ2v) is 2.19. The van der Waals surface area contributed by atoms with Crippen molar-refractivity contribution in [1.82, 2.24) is 9.59 Å². The molecule has 0 bridgehead atoms. The largest absolute Gasteiger partial charge is 0.141 e. The average molecular weight is 117 g/mol. The van der Waals surface area contributed by atoms with Crippen LogP contribution in [0.1, 0.15) is 0 Å². The molecule has 0 N–H and O–H groups in total. The van der Waals surface area contributed by atoms with Crippen molar-refractivity contribution < 1.29 is 0 Å². The van der Waals surface area contributed by atoms with Crippen molar-refractivity contribution in [2.45, 2.75) is 4.21 Å². The van der Waals surface area contributed by atoms with E-state index in [1.54, 1.807) is 0 Å². The Balaban J connectivity index is 3.05. The highest BCUT2D eigenvalue weighted by atomic mass is 32.2. The van der Waals surface area contributed by atoms with Crippen LogP contribution in [0.25, 0.3) is 0 Å². The second kappa shape index (κ2) is 1.57. The SMILES string of the molecule is Sc1[c]nns1. The Morgan fingerprint density at radius 1 is 1.83 bits per heavy atom. The molecule has 2 nitrogen and oxygen atoms in total. The van der Waals surface area contributed by atoms with Crippen molar-refractivity contribution in [2.24, 2.45) is 0 Å². The molecule has 0 atom stereocenters. The molecule has 6 heavy (non-hydrogen) atoms. The van der Waals surface area contributed by atoms with E-state index >= 15 is 0 Å². The van der Waals surface area contributed by atoms with E-state index in [9.17, 15) is 0 Å². The minimum absolute atomic E-state index is 0.731. The van der Waals surface area contributed by atoms with E-state index in [1.165, 1.54) is 11.5 Å². The number of thiol groups is 1. The third-order valence-corrected chi connectivity index (χ3v) is 1.09. The fourth-order valence-electron chi connectivity index (χ4n) is 0.143. The molecule has 0 spiro atoms. The molecule has 31 valence electrons. The molecule has 0 aromatic carbocycles. The molecule has 1 heterocycles. The first-order chi connectivity index (χ1) is 2.89. The molecule has 0 saturated carbocycles. The fraction of sp³-hybridized carbons (Fsp3) is 0. The van der Waals surface area contributed by atoms with Crippen molar-refractivity contribution >= 4 is 24.2 Å². The van der Waals surface area contributed by atoms with E-state index in [4.69, 9.17) is 0 Å². The lowest BCUT2D eigenvalue weighted by Gasteiger charge is -1.57. The van der Waals surface area contributed by atoms with Crippen molar-refractivity contribution in [2.75, 3.05) is 0 Å². The smallest absolute Gasteiger partial charge is 0.135 e. The molecule has 0 aliphatic carbocycles. The lowest BCUT2D eigenvalue weighted by Crippen LogP contribution is -1.53. The predicted octanol–water partition coefficient (Wildman–Crippen LogP) is 0.627. The van der Waals surface area contributed by atoms with Crippen LogP contribution < -0.4 is 0 Å². The molecule has 0 fully saturated rings. The monoisotopic (exact) mass is 117 g/mol. The van der Waals surface area contributed by atoms with Crippen LogP contribution in [0.2, 0.25) is 0 Å². The highest BCUT2D eigenvalue weighted by Crippen LogP contribution is 2.03. The van der Waals surface area contributed by atoms with Crippen LogP contribution in [0.15, 0.2) is 4.21 Å². The highest BCUT2D eigenvalue weighted by Gasteiger charge is 1.81. The van der Waals surface area contributed by atoms with Gasteiger partial charge in [-0.3, -0.25) is 0 Å². The lowest BCUT2D eigenvalue weighted by molar-refractivity contribution is 1.13. The zero-order valence-electron chi connectivity index (χ0n) is 2.75. The molecule has 0 aliphatic heterocycles. The van der Waals surface area contributed by atoms with E-state index in [-0.39, 0.29) is 0 Å². The maximum atomic E-state index is 3.87. The van der Waals surface area contributed by atoms with Gasteiger partial charge in [-0.05, 0) is 11.5 Å². The Morgan fingerprint density at radius 3 is 2.83 bits per heavy atom. The van der Waals surface area contributed by atoms with Crippen LogP contribution in [0, 0.1) is 6.20 Å². The third-order valence-electron chi connectivity index (χ3n) is 0.314. The van der Waals surface area contributed by atoms with E-state index in [0.29, 0.717) is 0 Å². The van der Waals surface area contributed by atoms with Crippen LogP contribution in [0.3, 0.4) is 0 Å². The summed E-state index contributed by atoms with van der Waals surface area (Å²) in [5.74, 6) is 0. The van der Waals surface area contributed by atoms with Crippen molar-refractivity contribution in [3.05, 3.63) is 6.20 Å². The predicted molar refractivity (Wildman–Crippen MR) is 26.0 cm³/mol. The van der Waals surface area contributed by atoms with Crippen LogP contribution in [0.5, 0.6) is 0 Å². The summed E-state index contributed by atoms with van der Waals surface area (Å²) in [5.41, 5.74) is 0. The number of nitrogens with zero attached hydrogens (tertiary/aromatic N) is 2. The summed E-state index contributed by atoms with van der Waals surface area (Å²) in [4.78, 5) is 0. The molecule has 1 radical (unpaired) electrons. The Kier molecular flexibility index (Phi) is 1.07. The number of aromatic nitrogens is 2. The maximum absolute atomic E-state index is 3.87. The standard InChI is InChI=1S/C2HN2S2/c5-2-1-3-4-6-2/h5H. The van der Waals surface area contributed by atoms with Crippen LogP contribution in [-0.2, 0) is 0 Å². The fourth-order valence-corrected chi connectivity index (χ4v) is 0.538. The van der Waals surface area contributed by atoms with Crippen LogP contribution >= 0.6 is 24.2 Å². The minimum atomic E-state index is 0.731. The third kappa shape index (κ3) is 0.693.